The first-order chi connectivity index (χ1) is 10.9. The Morgan fingerprint density at radius 3 is 2.65 bits per heavy atom. The standard InChI is InChI=1S/C11H14FNO.C4H6O5/c1-13-7-10-11-8(5-6-14-10)3-2-4-9(11)12;5-2(4(8)9)1-3(6)7/h2-4,10,13H,5-7H2,1H3;2,5H,1H2,(H,6,7)(H,8,9)/t10-;/m0./s1. The summed E-state index contributed by atoms with van der Waals surface area (Å²) in [5, 5.41) is 27.2. The highest BCUT2D eigenvalue weighted by Crippen LogP contribution is 2.28. The molecule has 0 radical (unpaired) electrons. The Balaban J connectivity index is 0.000000257. The summed E-state index contributed by atoms with van der Waals surface area (Å²) in [5.74, 6) is -3.00. The van der Waals surface area contributed by atoms with Crippen LogP contribution in [0.5, 0.6) is 0 Å². The van der Waals surface area contributed by atoms with Crippen LogP contribution >= 0.6 is 0 Å². The Morgan fingerprint density at radius 2 is 2.13 bits per heavy atom. The molecule has 0 spiro atoms. The topological polar surface area (TPSA) is 116 Å². The van der Waals surface area contributed by atoms with Crippen molar-refractivity contribution in [3.63, 3.8) is 0 Å². The summed E-state index contributed by atoms with van der Waals surface area (Å²) in [6.45, 7) is 1.34. The lowest BCUT2D eigenvalue weighted by atomic mass is 9.97. The first kappa shape index (κ1) is 19.0. The van der Waals surface area contributed by atoms with Crippen molar-refractivity contribution in [2.24, 2.45) is 0 Å². The second-order valence-electron chi connectivity index (χ2n) is 4.93. The number of halogens is 1. The first-order valence-corrected chi connectivity index (χ1v) is 7.03. The van der Waals surface area contributed by atoms with Crippen molar-refractivity contribution in [2.75, 3.05) is 20.2 Å². The third kappa shape index (κ3) is 5.93. The van der Waals surface area contributed by atoms with Gasteiger partial charge in [0.15, 0.2) is 6.10 Å². The molecule has 0 fully saturated rings. The zero-order chi connectivity index (χ0) is 17.4. The molecule has 128 valence electrons. The van der Waals surface area contributed by atoms with Crippen LogP contribution in [0.2, 0.25) is 0 Å². The minimum absolute atomic E-state index is 0.134. The van der Waals surface area contributed by atoms with Crippen LogP contribution in [-0.2, 0) is 20.7 Å². The van der Waals surface area contributed by atoms with E-state index < -0.39 is 24.5 Å². The number of fused-ring (bicyclic) bond motifs is 1. The summed E-state index contributed by atoms with van der Waals surface area (Å²) >= 11 is 0. The lowest BCUT2D eigenvalue weighted by molar-refractivity contribution is -0.152. The van der Waals surface area contributed by atoms with E-state index in [2.05, 4.69) is 5.32 Å². The Labute approximate surface area is 132 Å². The number of carbonyl (C=O) groups is 2. The van der Waals surface area contributed by atoms with Crippen LogP contribution in [0.25, 0.3) is 0 Å². The normalized spacial score (nSPS) is 17.4. The number of nitrogens with one attached hydrogen (secondary N) is 1. The largest absolute Gasteiger partial charge is 0.481 e. The number of hydrogen-bond acceptors (Lipinski definition) is 5. The Kier molecular flexibility index (Phi) is 7.60. The highest BCUT2D eigenvalue weighted by atomic mass is 19.1. The molecule has 0 saturated carbocycles. The van der Waals surface area contributed by atoms with Gasteiger partial charge in [-0.05, 0) is 25.1 Å². The van der Waals surface area contributed by atoms with Gasteiger partial charge in [-0.15, -0.1) is 0 Å². The van der Waals surface area contributed by atoms with Gasteiger partial charge in [-0.1, -0.05) is 12.1 Å². The lowest BCUT2D eigenvalue weighted by Crippen LogP contribution is -2.26. The fourth-order valence-corrected chi connectivity index (χ4v) is 2.15. The van der Waals surface area contributed by atoms with Crippen LogP contribution in [0, 0.1) is 5.82 Å². The third-order valence-corrected chi connectivity index (χ3v) is 3.20. The Hall–Kier alpha value is -2.03. The van der Waals surface area contributed by atoms with Gasteiger partial charge in [0.2, 0.25) is 0 Å². The minimum Gasteiger partial charge on any atom is -0.481 e. The van der Waals surface area contributed by atoms with Crippen molar-refractivity contribution in [1.29, 1.82) is 0 Å². The number of rotatable bonds is 5. The Morgan fingerprint density at radius 1 is 1.43 bits per heavy atom. The molecule has 7 nitrogen and oxygen atoms in total. The van der Waals surface area contributed by atoms with Crippen LogP contribution in [0.15, 0.2) is 18.2 Å². The third-order valence-electron chi connectivity index (χ3n) is 3.20. The van der Waals surface area contributed by atoms with Crippen LogP contribution in [0.3, 0.4) is 0 Å². The maximum Gasteiger partial charge on any atom is 0.333 e. The van der Waals surface area contributed by atoms with Crippen molar-refractivity contribution < 1.29 is 34.0 Å². The van der Waals surface area contributed by atoms with E-state index in [1.165, 1.54) is 6.07 Å². The minimum atomic E-state index is -1.79. The molecule has 1 aliphatic heterocycles. The van der Waals surface area contributed by atoms with Gasteiger partial charge in [0.1, 0.15) is 5.82 Å². The maximum atomic E-state index is 13.5. The average Bonchev–Trinajstić information content (AvgIpc) is 2.48. The quantitative estimate of drug-likeness (QED) is 0.624. The molecule has 0 bridgehead atoms. The van der Waals surface area contributed by atoms with Crippen molar-refractivity contribution in [3.05, 3.63) is 35.1 Å². The fraction of sp³-hybridized carbons (Fsp3) is 0.467. The van der Waals surface area contributed by atoms with Gasteiger partial charge in [-0.25, -0.2) is 9.18 Å². The highest BCUT2D eigenvalue weighted by molar-refractivity contribution is 5.79. The van der Waals surface area contributed by atoms with Crippen molar-refractivity contribution in [2.45, 2.75) is 25.0 Å². The number of aliphatic hydroxyl groups excluding tert-OH is 1. The van der Waals surface area contributed by atoms with E-state index in [-0.39, 0.29) is 11.9 Å². The molecule has 0 amide bonds. The molecule has 2 rings (SSSR count). The molecule has 0 saturated heterocycles. The number of likely N-dealkylation sites (N-methyl/N-ethyl adjacent to an activating group) is 1. The van der Waals surface area contributed by atoms with Gasteiger partial charge >= 0.3 is 11.9 Å². The maximum absolute atomic E-state index is 13.5. The summed E-state index contributed by atoms with van der Waals surface area (Å²) in [6.07, 6.45) is -1.87. The van der Waals surface area contributed by atoms with Crippen LogP contribution < -0.4 is 5.32 Å². The monoisotopic (exact) mass is 329 g/mol. The van der Waals surface area contributed by atoms with Crippen molar-refractivity contribution in [3.8, 4) is 0 Å². The molecule has 4 N–H and O–H groups in total. The molecule has 8 heteroatoms. The summed E-state index contributed by atoms with van der Waals surface area (Å²) in [7, 11) is 1.85. The molecule has 0 aromatic heterocycles. The SMILES string of the molecule is CNC[C@@H]1OCCc2cccc(F)c21.O=C(O)CC(O)C(=O)O. The van der Waals surface area contributed by atoms with E-state index in [1.807, 2.05) is 13.1 Å². The number of carboxylic acid groups (broad SMARTS) is 2. The molecule has 23 heavy (non-hydrogen) atoms. The van der Waals surface area contributed by atoms with Gasteiger partial charge in [-0.3, -0.25) is 4.79 Å². The van der Waals surface area contributed by atoms with E-state index in [1.54, 1.807) is 6.07 Å². The first-order valence-electron chi connectivity index (χ1n) is 7.03. The van der Waals surface area contributed by atoms with Crippen LogP contribution in [-0.4, -0.2) is 53.6 Å². The smallest absolute Gasteiger partial charge is 0.333 e. The van der Waals surface area contributed by atoms with Gasteiger partial charge < -0.3 is 25.4 Å². The lowest BCUT2D eigenvalue weighted by Gasteiger charge is -2.26. The molecule has 1 unspecified atom stereocenters. The molecule has 0 aliphatic carbocycles. The average molecular weight is 329 g/mol. The van der Waals surface area contributed by atoms with E-state index >= 15 is 0 Å². The Bertz CT molecular complexity index is 551. The van der Waals surface area contributed by atoms with Gasteiger partial charge in [0, 0.05) is 12.1 Å². The van der Waals surface area contributed by atoms with Gasteiger partial charge in [-0.2, -0.15) is 0 Å². The van der Waals surface area contributed by atoms with Crippen LogP contribution in [0.4, 0.5) is 4.39 Å². The fourth-order valence-electron chi connectivity index (χ4n) is 2.15. The highest BCUT2D eigenvalue weighted by Gasteiger charge is 2.23. The van der Waals surface area contributed by atoms with Crippen molar-refractivity contribution in [1.82, 2.24) is 5.32 Å². The predicted octanol–water partition coefficient (Wildman–Crippen LogP) is 0.565. The van der Waals surface area contributed by atoms with E-state index in [0.29, 0.717) is 13.2 Å². The summed E-state index contributed by atoms with van der Waals surface area (Å²) in [4.78, 5) is 19.4. The zero-order valence-corrected chi connectivity index (χ0v) is 12.7. The number of benzene rings is 1. The molecular formula is C15H20FNO6. The van der Waals surface area contributed by atoms with Gasteiger partial charge in [0.05, 0.1) is 19.1 Å². The van der Waals surface area contributed by atoms with Crippen LogP contribution in [0.1, 0.15) is 23.7 Å². The second-order valence-corrected chi connectivity index (χ2v) is 4.93. The molecule has 1 aliphatic rings. The molecule has 2 atom stereocenters. The van der Waals surface area contributed by atoms with E-state index in [9.17, 15) is 14.0 Å². The second kappa shape index (κ2) is 9.19. The van der Waals surface area contributed by atoms with Gasteiger partial charge in [0.25, 0.3) is 0 Å². The molecular weight excluding hydrogens is 309 g/mol. The summed E-state index contributed by atoms with van der Waals surface area (Å²) < 4.78 is 19.1. The number of ether oxygens (including phenoxy) is 1. The number of hydrogen-bond donors (Lipinski definition) is 4. The summed E-state index contributed by atoms with van der Waals surface area (Å²) in [6, 6.07) is 5.23. The zero-order valence-electron chi connectivity index (χ0n) is 12.7. The number of aliphatic carboxylic acids is 2. The van der Waals surface area contributed by atoms with E-state index in [4.69, 9.17) is 20.1 Å². The van der Waals surface area contributed by atoms with Crippen molar-refractivity contribution >= 4 is 11.9 Å². The number of carboxylic acids is 2. The predicted molar refractivity (Wildman–Crippen MR) is 78.6 cm³/mol. The molecule has 1 heterocycles. The molecule has 1 aromatic rings. The number of aliphatic hydroxyl groups is 1. The van der Waals surface area contributed by atoms with E-state index in [0.717, 1.165) is 17.5 Å². The molecule has 1 aromatic carbocycles. The summed E-state index contributed by atoms with van der Waals surface area (Å²) in [5.41, 5.74) is 1.81.